The Morgan fingerprint density at radius 3 is 2.44 bits per heavy atom. The van der Waals surface area contributed by atoms with Crippen molar-refractivity contribution in [3.8, 4) is 0 Å². The van der Waals surface area contributed by atoms with Gasteiger partial charge >= 0.3 is 0 Å². The summed E-state index contributed by atoms with van der Waals surface area (Å²) in [5.74, 6) is 1.72. The van der Waals surface area contributed by atoms with Crippen LogP contribution in [0.1, 0.15) is 32.6 Å². The highest BCUT2D eigenvalue weighted by atomic mass is 14.6. The topological polar surface area (TPSA) is 26.0 Å². The van der Waals surface area contributed by atoms with Crippen molar-refractivity contribution < 1.29 is 0 Å². The summed E-state index contributed by atoms with van der Waals surface area (Å²) in [6.45, 7) is 3.23. The Labute approximate surface area is 57.6 Å². The van der Waals surface area contributed by atoms with Gasteiger partial charge in [-0.1, -0.05) is 26.2 Å². The molecular formula is C8H17N. The van der Waals surface area contributed by atoms with Gasteiger partial charge in [0, 0.05) is 0 Å². The molecule has 1 aliphatic rings. The van der Waals surface area contributed by atoms with Gasteiger partial charge in [0.05, 0.1) is 0 Å². The second-order valence-electron chi connectivity index (χ2n) is 3.26. The summed E-state index contributed by atoms with van der Waals surface area (Å²) < 4.78 is 0. The number of nitrogens with two attached hydrogens (primary N) is 1. The van der Waals surface area contributed by atoms with E-state index in [-0.39, 0.29) is 0 Å². The molecule has 0 radical (unpaired) electrons. The molecule has 1 unspecified atom stereocenters. The van der Waals surface area contributed by atoms with E-state index in [0.717, 1.165) is 18.4 Å². The van der Waals surface area contributed by atoms with Gasteiger partial charge in [0.2, 0.25) is 0 Å². The predicted octanol–water partition coefficient (Wildman–Crippen LogP) is 1.77. The third-order valence-electron chi connectivity index (χ3n) is 2.59. The average molecular weight is 127 g/mol. The molecule has 0 aromatic heterocycles. The van der Waals surface area contributed by atoms with Crippen LogP contribution in [0.25, 0.3) is 0 Å². The van der Waals surface area contributed by atoms with Crippen LogP contribution in [0.4, 0.5) is 0 Å². The van der Waals surface area contributed by atoms with Gasteiger partial charge in [0.25, 0.3) is 0 Å². The molecule has 0 heterocycles. The Bertz CT molecular complexity index is 80.6. The maximum Gasteiger partial charge on any atom is -0.00463 e. The summed E-state index contributed by atoms with van der Waals surface area (Å²) in [6.07, 6.45) is 5.61. The van der Waals surface area contributed by atoms with Gasteiger partial charge in [-0.3, -0.25) is 0 Å². The molecule has 2 atom stereocenters. The van der Waals surface area contributed by atoms with Crippen LogP contribution in [-0.4, -0.2) is 6.54 Å². The van der Waals surface area contributed by atoms with Crippen molar-refractivity contribution in [1.29, 1.82) is 0 Å². The van der Waals surface area contributed by atoms with Crippen molar-refractivity contribution in [2.75, 3.05) is 6.54 Å². The minimum absolute atomic E-state index is 0.832. The lowest BCUT2D eigenvalue weighted by Crippen LogP contribution is -2.24. The highest BCUT2D eigenvalue weighted by Gasteiger charge is 2.18. The quantitative estimate of drug-likeness (QED) is 0.570. The van der Waals surface area contributed by atoms with Crippen molar-refractivity contribution in [2.45, 2.75) is 32.6 Å². The smallest absolute Gasteiger partial charge is 0.00463 e. The lowest BCUT2D eigenvalue weighted by molar-refractivity contribution is 0.263. The van der Waals surface area contributed by atoms with Gasteiger partial charge in [-0.15, -0.1) is 0 Å². The van der Waals surface area contributed by atoms with Gasteiger partial charge < -0.3 is 5.73 Å². The zero-order valence-corrected chi connectivity index (χ0v) is 6.27. The van der Waals surface area contributed by atoms with Crippen LogP contribution in [0, 0.1) is 11.8 Å². The van der Waals surface area contributed by atoms with E-state index in [9.17, 15) is 0 Å². The minimum atomic E-state index is 0.832. The molecule has 1 rings (SSSR count). The molecular weight excluding hydrogens is 110 g/mol. The molecule has 1 heteroatoms. The summed E-state index contributed by atoms with van der Waals surface area (Å²) in [4.78, 5) is 0. The van der Waals surface area contributed by atoms with Gasteiger partial charge in [0.15, 0.2) is 0 Å². The lowest BCUT2D eigenvalue weighted by Gasteiger charge is -2.27. The highest BCUT2D eigenvalue weighted by molar-refractivity contribution is 4.72. The molecule has 1 aliphatic carbocycles. The lowest BCUT2D eigenvalue weighted by atomic mass is 9.81. The molecule has 0 spiro atoms. The van der Waals surface area contributed by atoms with E-state index < -0.39 is 0 Å². The summed E-state index contributed by atoms with van der Waals surface area (Å²) in [7, 11) is 0. The fraction of sp³-hybridized carbons (Fsp3) is 1.00. The summed E-state index contributed by atoms with van der Waals surface area (Å²) in [5.41, 5.74) is 5.59. The highest BCUT2D eigenvalue weighted by Crippen LogP contribution is 2.28. The van der Waals surface area contributed by atoms with E-state index in [4.69, 9.17) is 5.73 Å². The van der Waals surface area contributed by atoms with Gasteiger partial charge in [0.1, 0.15) is 0 Å². The Balaban J connectivity index is 2.30. The van der Waals surface area contributed by atoms with Crippen molar-refractivity contribution in [3.63, 3.8) is 0 Å². The third-order valence-corrected chi connectivity index (χ3v) is 2.59. The molecule has 54 valence electrons. The van der Waals surface area contributed by atoms with Crippen LogP contribution in [0.2, 0.25) is 0 Å². The molecule has 1 nitrogen and oxygen atoms in total. The van der Waals surface area contributed by atoms with Crippen LogP contribution in [0.5, 0.6) is 0 Å². The Morgan fingerprint density at radius 2 is 2.00 bits per heavy atom. The first-order chi connectivity index (χ1) is 4.34. The molecule has 0 aliphatic heterocycles. The first kappa shape index (κ1) is 7.07. The van der Waals surface area contributed by atoms with E-state index >= 15 is 0 Å². The fourth-order valence-corrected chi connectivity index (χ4v) is 1.74. The largest absolute Gasteiger partial charge is 0.330 e. The van der Waals surface area contributed by atoms with Crippen LogP contribution < -0.4 is 5.73 Å². The second-order valence-corrected chi connectivity index (χ2v) is 3.26. The van der Waals surface area contributed by atoms with E-state index in [1.807, 2.05) is 0 Å². The zero-order chi connectivity index (χ0) is 6.69. The van der Waals surface area contributed by atoms with Gasteiger partial charge in [-0.25, -0.2) is 0 Å². The zero-order valence-electron chi connectivity index (χ0n) is 6.27. The molecule has 1 fully saturated rings. The summed E-state index contributed by atoms with van der Waals surface area (Å²) in [6, 6.07) is 0. The summed E-state index contributed by atoms with van der Waals surface area (Å²) >= 11 is 0. The fourth-order valence-electron chi connectivity index (χ4n) is 1.74. The van der Waals surface area contributed by atoms with Gasteiger partial charge in [-0.2, -0.15) is 0 Å². The average Bonchev–Trinajstić information content (AvgIpc) is 1.89. The summed E-state index contributed by atoms with van der Waals surface area (Å²) in [5, 5.41) is 0. The normalized spacial score (nSPS) is 36.7. The van der Waals surface area contributed by atoms with Gasteiger partial charge in [-0.05, 0) is 24.8 Å². The Morgan fingerprint density at radius 1 is 1.33 bits per heavy atom. The number of hydrogen-bond acceptors (Lipinski definition) is 1. The Hall–Kier alpha value is -0.0400. The molecule has 0 bridgehead atoms. The SMILES string of the molecule is CC1CCCC[C@H]1CN. The first-order valence-electron chi connectivity index (χ1n) is 4.04. The van der Waals surface area contributed by atoms with E-state index in [2.05, 4.69) is 6.92 Å². The molecule has 0 aromatic carbocycles. The van der Waals surface area contributed by atoms with E-state index in [0.29, 0.717) is 0 Å². The molecule has 9 heavy (non-hydrogen) atoms. The van der Waals surface area contributed by atoms with Crippen molar-refractivity contribution in [1.82, 2.24) is 0 Å². The maximum absolute atomic E-state index is 5.59. The third kappa shape index (κ3) is 1.68. The van der Waals surface area contributed by atoms with Crippen LogP contribution in [-0.2, 0) is 0 Å². The maximum atomic E-state index is 5.59. The molecule has 0 amide bonds. The standard InChI is InChI=1S/C8H17N/c1-7-4-2-3-5-8(7)6-9/h7-8H,2-6,9H2,1H3/t7?,8-/m0/s1. The van der Waals surface area contributed by atoms with Crippen molar-refractivity contribution >= 4 is 0 Å². The van der Waals surface area contributed by atoms with Crippen molar-refractivity contribution in [3.05, 3.63) is 0 Å². The molecule has 0 saturated heterocycles. The second kappa shape index (κ2) is 3.21. The van der Waals surface area contributed by atoms with Crippen LogP contribution >= 0.6 is 0 Å². The Kier molecular flexibility index (Phi) is 2.52. The monoisotopic (exact) mass is 127 g/mol. The first-order valence-corrected chi connectivity index (χ1v) is 4.04. The van der Waals surface area contributed by atoms with E-state index in [1.54, 1.807) is 0 Å². The molecule has 1 saturated carbocycles. The van der Waals surface area contributed by atoms with Crippen LogP contribution in [0.15, 0.2) is 0 Å². The van der Waals surface area contributed by atoms with E-state index in [1.165, 1.54) is 25.7 Å². The molecule has 0 aromatic rings. The van der Waals surface area contributed by atoms with Crippen LogP contribution in [0.3, 0.4) is 0 Å². The minimum Gasteiger partial charge on any atom is -0.330 e. The number of hydrogen-bond donors (Lipinski definition) is 1. The molecule has 2 N–H and O–H groups in total. The van der Waals surface area contributed by atoms with Crippen molar-refractivity contribution in [2.24, 2.45) is 17.6 Å². The predicted molar refractivity (Wildman–Crippen MR) is 40.2 cm³/mol. The number of rotatable bonds is 1.